The highest BCUT2D eigenvalue weighted by Crippen LogP contribution is 2.20. The average molecular weight is 313 g/mol. The van der Waals surface area contributed by atoms with Crippen LogP contribution in [0, 0.1) is 0 Å². The molecule has 1 fully saturated rings. The predicted octanol–water partition coefficient (Wildman–Crippen LogP) is 0.201. The number of nitrogens with zero attached hydrogens (tertiary/aromatic N) is 3. The van der Waals surface area contributed by atoms with Crippen LogP contribution in [0.2, 0.25) is 0 Å². The van der Waals surface area contributed by atoms with Crippen molar-refractivity contribution in [2.24, 2.45) is 0 Å². The van der Waals surface area contributed by atoms with Crippen molar-refractivity contribution in [3.05, 3.63) is 17.5 Å². The number of fused-ring (bicyclic) bond motifs is 1. The lowest BCUT2D eigenvalue weighted by atomic mass is 10.1. The number of sulfone groups is 1. The highest BCUT2D eigenvalue weighted by molar-refractivity contribution is 7.91. The summed E-state index contributed by atoms with van der Waals surface area (Å²) in [6, 6.07) is 2.06. The third-order valence-electron chi connectivity index (χ3n) is 4.45. The quantitative estimate of drug-likeness (QED) is 0.859. The molecular weight excluding hydrogens is 290 g/mol. The van der Waals surface area contributed by atoms with Gasteiger partial charge in [-0.3, -0.25) is 9.58 Å². The third-order valence-corrected chi connectivity index (χ3v) is 6.14. The normalized spacial score (nSPS) is 25.7. The van der Waals surface area contributed by atoms with E-state index >= 15 is 0 Å². The molecule has 3 heterocycles. The number of aromatic nitrogens is 2. The SMILES string of the molecule is O=S1(=O)CCN(Cc2cc3n(n2)CCCC3)C(CCO)C1. The van der Waals surface area contributed by atoms with E-state index in [2.05, 4.69) is 20.7 Å². The van der Waals surface area contributed by atoms with Crippen molar-refractivity contribution in [3.63, 3.8) is 0 Å². The topological polar surface area (TPSA) is 75.4 Å². The van der Waals surface area contributed by atoms with E-state index in [-0.39, 0.29) is 24.2 Å². The molecule has 2 aliphatic rings. The predicted molar refractivity (Wildman–Crippen MR) is 79.7 cm³/mol. The first-order valence-corrected chi connectivity index (χ1v) is 9.50. The molecule has 118 valence electrons. The first kappa shape index (κ1) is 15.0. The van der Waals surface area contributed by atoms with Gasteiger partial charge >= 0.3 is 0 Å². The van der Waals surface area contributed by atoms with Crippen molar-refractivity contribution in [1.82, 2.24) is 14.7 Å². The Labute approximate surface area is 125 Å². The van der Waals surface area contributed by atoms with Crippen LogP contribution in [0.5, 0.6) is 0 Å². The van der Waals surface area contributed by atoms with Gasteiger partial charge in [-0.1, -0.05) is 0 Å². The Bertz CT molecular complexity index is 573. The van der Waals surface area contributed by atoms with Crippen molar-refractivity contribution < 1.29 is 13.5 Å². The van der Waals surface area contributed by atoms with Crippen molar-refractivity contribution in [3.8, 4) is 0 Å². The van der Waals surface area contributed by atoms with Crippen molar-refractivity contribution in [2.45, 2.75) is 44.8 Å². The second kappa shape index (κ2) is 6.06. The van der Waals surface area contributed by atoms with Crippen LogP contribution in [0.4, 0.5) is 0 Å². The molecule has 1 unspecified atom stereocenters. The van der Waals surface area contributed by atoms with Gasteiger partial charge < -0.3 is 5.11 Å². The second-order valence-electron chi connectivity index (χ2n) is 6.06. The maximum absolute atomic E-state index is 11.8. The summed E-state index contributed by atoms with van der Waals surface area (Å²) in [7, 11) is -2.96. The van der Waals surface area contributed by atoms with Gasteiger partial charge in [-0.05, 0) is 31.7 Å². The van der Waals surface area contributed by atoms with Gasteiger partial charge in [0, 0.05) is 38.0 Å². The zero-order valence-electron chi connectivity index (χ0n) is 12.2. The fraction of sp³-hybridized carbons (Fsp3) is 0.786. The zero-order chi connectivity index (χ0) is 14.9. The fourth-order valence-corrected chi connectivity index (χ4v) is 4.95. The summed E-state index contributed by atoms with van der Waals surface area (Å²) >= 11 is 0. The molecule has 0 aromatic carbocycles. The van der Waals surface area contributed by atoms with E-state index in [4.69, 9.17) is 5.11 Å². The number of aliphatic hydroxyl groups is 1. The van der Waals surface area contributed by atoms with Gasteiger partial charge in [-0.2, -0.15) is 5.10 Å². The molecule has 1 aromatic rings. The summed E-state index contributed by atoms with van der Waals surface area (Å²) in [5.41, 5.74) is 2.31. The number of hydrogen-bond acceptors (Lipinski definition) is 5. The highest BCUT2D eigenvalue weighted by atomic mass is 32.2. The van der Waals surface area contributed by atoms with Crippen LogP contribution in [-0.2, 0) is 29.3 Å². The maximum atomic E-state index is 11.8. The number of rotatable bonds is 4. The molecule has 0 bridgehead atoms. The molecule has 21 heavy (non-hydrogen) atoms. The minimum Gasteiger partial charge on any atom is -0.396 e. The number of hydrogen-bond donors (Lipinski definition) is 1. The average Bonchev–Trinajstić information content (AvgIpc) is 2.84. The minimum absolute atomic E-state index is 0.0242. The molecule has 1 N–H and O–H groups in total. The van der Waals surface area contributed by atoms with Crippen LogP contribution in [0.25, 0.3) is 0 Å². The lowest BCUT2D eigenvalue weighted by Gasteiger charge is -2.34. The van der Waals surface area contributed by atoms with E-state index in [0.717, 1.165) is 18.7 Å². The minimum atomic E-state index is -2.96. The summed E-state index contributed by atoms with van der Waals surface area (Å²) in [4.78, 5) is 2.16. The molecule has 2 aliphatic heterocycles. The van der Waals surface area contributed by atoms with Gasteiger partial charge in [-0.25, -0.2) is 8.42 Å². The van der Waals surface area contributed by atoms with E-state index in [0.29, 0.717) is 19.5 Å². The first-order valence-electron chi connectivity index (χ1n) is 7.68. The molecule has 7 heteroatoms. The monoisotopic (exact) mass is 313 g/mol. The Morgan fingerprint density at radius 2 is 2.19 bits per heavy atom. The van der Waals surface area contributed by atoms with Gasteiger partial charge in [-0.15, -0.1) is 0 Å². The Kier molecular flexibility index (Phi) is 4.33. The van der Waals surface area contributed by atoms with E-state index in [1.165, 1.54) is 18.5 Å². The van der Waals surface area contributed by atoms with E-state index in [1.807, 2.05) is 0 Å². The largest absolute Gasteiger partial charge is 0.396 e. The van der Waals surface area contributed by atoms with Gasteiger partial charge in [0.05, 0.1) is 17.2 Å². The summed E-state index contributed by atoms with van der Waals surface area (Å²) in [6.07, 6.45) is 4.00. The van der Waals surface area contributed by atoms with E-state index in [1.54, 1.807) is 0 Å². The molecule has 1 saturated heterocycles. The molecule has 6 nitrogen and oxygen atoms in total. The Hall–Kier alpha value is -0.920. The van der Waals surface area contributed by atoms with Gasteiger partial charge in [0.25, 0.3) is 0 Å². The molecule has 1 aromatic heterocycles. The molecule has 3 rings (SSSR count). The van der Waals surface area contributed by atoms with E-state index in [9.17, 15) is 8.42 Å². The molecule has 0 radical (unpaired) electrons. The Morgan fingerprint density at radius 3 is 2.95 bits per heavy atom. The molecule has 0 aliphatic carbocycles. The smallest absolute Gasteiger partial charge is 0.153 e. The van der Waals surface area contributed by atoms with Crippen LogP contribution in [-0.4, -0.2) is 58.9 Å². The maximum Gasteiger partial charge on any atom is 0.153 e. The Morgan fingerprint density at radius 1 is 1.33 bits per heavy atom. The molecular formula is C14H23N3O3S. The lowest BCUT2D eigenvalue weighted by Crippen LogP contribution is -2.48. The van der Waals surface area contributed by atoms with Gasteiger partial charge in [0.15, 0.2) is 9.84 Å². The standard InChI is InChI=1S/C14H23N3O3S/c18-7-4-14-11-21(19,20)8-6-16(14)10-12-9-13-3-1-2-5-17(13)15-12/h9,14,18H,1-8,10-11H2. The van der Waals surface area contributed by atoms with Crippen LogP contribution in [0.15, 0.2) is 6.07 Å². The molecule has 0 saturated carbocycles. The summed E-state index contributed by atoms with van der Waals surface area (Å²) < 4.78 is 25.6. The van der Waals surface area contributed by atoms with Crippen molar-refractivity contribution in [1.29, 1.82) is 0 Å². The highest BCUT2D eigenvalue weighted by Gasteiger charge is 2.31. The van der Waals surface area contributed by atoms with Crippen LogP contribution in [0.3, 0.4) is 0 Å². The Balaban J connectivity index is 1.72. The number of aliphatic hydroxyl groups excluding tert-OH is 1. The van der Waals surface area contributed by atoms with Crippen molar-refractivity contribution in [2.75, 3.05) is 24.7 Å². The molecule has 0 amide bonds. The third kappa shape index (κ3) is 3.46. The molecule has 1 atom stereocenters. The molecule has 0 spiro atoms. The van der Waals surface area contributed by atoms with Gasteiger partial charge in [0.2, 0.25) is 0 Å². The van der Waals surface area contributed by atoms with Crippen LogP contribution >= 0.6 is 0 Å². The van der Waals surface area contributed by atoms with Gasteiger partial charge in [0.1, 0.15) is 0 Å². The van der Waals surface area contributed by atoms with E-state index < -0.39 is 9.84 Å². The van der Waals surface area contributed by atoms with Crippen molar-refractivity contribution >= 4 is 9.84 Å². The number of aryl methyl sites for hydroxylation is 2. The fourth-order valence-electron chi connectivity index (χ4n) is 3.31. The summed E-state index contributed by atoms with van der Waals surface area (Å²) in [5.74, 6) is 0.365. The lowest BCUT2D eigenvalue weighted by molar-refractivity contribution is 0.161. The zero-order valence-corrected chi connectivity index (χ0v) is 13.1. The summed E-state index contributed by atoms with van der Waals surface area (Å²) in [6.45, 7) is 2.23. The van der Waals surface area contributed by atoms with Crippen LogP contribution in [0.1, 0.15) is 30.7 Å². The van der Waals surface area contributed by atoms with Crippen LogP contribution < -0.4 is 0 Å². The summed E-state index contributed by atoms with van der Waals surface area (Å²) in [5, 5.41) is 13.8. The second-order valence-corrected chi connectivity index (χ2v) is 8.29. The first-order chi connectivity index (χ1) is 10.1.